The fourth-order valence-electron chi connectivity index (χ4n) is 7.10. The molecular formula is C43H35NS. The molecule has 2 aliphatic rings. The minimum absolute atomic E-state index is 0.834. The third kappa shape index (κ3) is 4.72. The van der Waals surface area contributed by atoms with E-state index in [4.69, 9.17) is 0 Å². The number of hydrogen-bond acceptors (Lipinski definition) is 2. The van der Waals surface area contributed by atoms with E-state index < -0.39 is 0 Å². The zero-order valence-corrected chi connectivity index (χ0v) is 26.6. The van der Waals surface area contributed by atoms with Crippen molar-refractivity contribution in [2.75, 3.05) is 11.4 Å². The zero-order valence-electron chi connectivity index (χ0n) is 25.8. The molecule has 0 N–H and O–H groups in total. The first-order valence-electron chi connectivity index (χ1n) is 16.0. The summed E-state index contributed by atoms with van der Waals surface area (Å²) in [6.07, 6.45) is 13.3. The van der Waals surface area contributed by atoms with Crippen molar-refractivity contribution in [3.63, 3.8) is 0 Å². The maximum atomic E-state index is 2.53. The van der Waals surface area contributed by atoms with Crippen molar-refractivity contribution in [3.8, 4) is 0 Å². The van der Waals surface area contributed by atoms with Gasteiger partial charge < -0.3 is 4.90 Å². The van der Waals surface area contributed by atoms with Crippen LogP contribution >= 0.6 is 11.8 Å². The van der Waals surface area contributed by atoms with Gasteiger partial charge in [-0.05, 0) is 86.8 Å². The van der Waals surface area contributed by atoms with Gasteiger partial charge in [0, 0.05) is 45.1 Å². The van der Waals surface area contributed by atoms with Gasteiger partial charge in [-0.15, -0.1) is 0 Å². The van der Waals surface area contributed by atoms with Gasteiger partial charge in [0.15, 0.2) is 0 Å². The minimum atomic E-state index is 0.834. The topological polar surface area (TPSA) is 3.24 Å². The third-order valence-corrected chi connectivity index (χ3v) is 10.4. The molecule has 0 saturated heterocycles. The van der Waals surface area contributed by atoms with Crippen molar-refractivity contribution >= 4 is 66.6 Å². The monoisotopic (exact) mass is 597 g/mol. The van der Waals surface area contributed by atoms with Gasteiger partial charge in [-0.2, -0.15) is 0 Å². The highest BCUT2D eigenvalue weighted by molar-refractivity contribution is 8.03. The molecule has 0 saturated carbocycles. The number of nitrogens with zero attached hydrogens (tertiary/aromatic N) is 1. The van der Waals surface area contributed by atoms with Gasteiger partial charge >= 0.3 is 0 Å². The second-order valence-corrected chi connectivity index (χ2v) is 13.0. The van der Waals surface area contributed by atoms with Crippen LogP contribution in [-0.2, 0) is 6.42 Å². The molecule has 0 unspecified atom stereocenters. The van der Waals surface area contributed by atoms with Gasteiger partial charge in [0.2, 0.25) is 0 Å². The lowest BCUT2D eigenvalue weighted by molar-refractivity contribution is 1.17. The Morgan fingerprint density at radius 2 is 1.44 bits per heavy atom. The second kappa shape index (κ2) is 11.6. The Morgan fingerprint density at radius 3 is 2.18 bits per heavy atom. The smallest absolute Gasteiger partial charge is 0.0500 e. The van der Waals surface area contributed by atoms with Crippen molar-refractivity contribution in [1.82, 2.24) is 0 Å². The maximum absolute atomic E-state index is 2.53. The number of benzene rings is 6. The molecule has 0 spiro atoms. The molecule has 0 amide bonds. The Labute approximate surface area is 269 Å². The standard InChI is InChI=1S/C43H35NS/c1-3-5-14-31-28-44(40-22-13-21-37-35-18-9-8-17-33(35)34-19-10-11-20-36(34)43(37)40)39-25-24-29(26-38(31)39)32(16-6-4-2)42-27-30-15-7-12-23-41(30)45-42/h3,5-26H,4,27-28H2,1-2H3/b5-3-,16-6-,31-14+,42-32-. The van der Waals surface area contributed by atoms with E-state index in [0.717, 1.165) is 19.4 Å². The first-order chi connectivity index (χ1) is 22.2. The molecule has 0 bridgehead atoms. The van der Waals surface area contributed by atoms with E-state index in [1.807, 2.05) is 11.8 Å². The number of fused-ring (bicyclic) bond motifs is 8. The maximum Gasteiger partial charge on any atom is 0.0500 e. The first kappa shape index (κ1) is 27.7. The van der Waals surface area contributed by atoms with Crippen LogP contribution in [-0.4, -0.2) is 6.54 Å². The van der Waals surface area contributed by atoms with Crippen LogP contribution in [0.5, 0.6) is 0 Å². The van der Waals surface area contributed by atoms with Gasteiger partial charge in [0.25, 0.3) is 0 Å². The van der Waals surface area contributed by atoms with Gasteiger partial charge in [-0.1, -0.05) is 134 Å². The van der Waals surface area contributed by atoms with Crippen molar-refractivity contribution in [3.05, 3.63) is 161 Å². The molecule has 0 aromatic heterocycles. The SMILES string of the molecule is C/C=C\C=C1/CN(c2cccc3c4ccccc4c4ccccc4c23)c2ccc(C(/C=C\CC)=C3/Cc4ccccc4S3)cc21. The zero-order chi connectivity index (χ0) is 30.3. The van der Waals surface area contributed by atoms with Crippen molar-refractivity contribution < 1.29 is 0 Å². The molecule has 6 aromatic rings. The minimum Gasteiger partial charge on any atom is -0.336 e. The highest BCUT2D eigenvalue weighted by atomic mass is 32.2. The normalized spacial score (nSPS) is 16.6. The fourth-order valence-corrected chi connectivity index (χ4v) is 8.30. The largest absolute Gasteiger partial charge is 0.336 e. The molecule has 2 aliphatic heterocycles. The van der Waals surface area contributed by atoms with Crippen molar-refractivity contribution in [2.45, 2.75) is 31.6 Å². The van der Waals surface area contributed by atoms with Crippen LogP contribution < -0.4 is 4.90 Å². The lowest BCUT2D eigenvalue weighted by Crippen LogP contribution is -2.13. The van der Waals surface area contributed by atoms with E-state index in [2.05, 4.69) is 158 Å². The van der Waals surface area contributed by atoms with E-state index in [9.17, 15) is 0 Å². The highest BCUT2D eigenvalue weighted by Gasteiger charge is 2.28. The third-order valence-electron chi connectivity index (χ3n) is 9.18. The average molecular weight is 598 g/mol. The number of rotatable bonds is 5. The Balaban J connectivity index is 1.32. The van der Waals surface area contributed by atoms with Crippen LogP contribution in [0.25, 0.3) is 43.5 Å². The van der Waals surface area contributed by atoms with Gasteiger partial charge in [-0.3, -0.25) is 0 Å². The van der Waals surface area contributed by atoms with E-state index >= 15 is 0 Å². The van der Waals surface area contributed by atoms with E-state index in [1.165, 1.54) is 81.3 Å². The molecule has 218 valence electrons. The van der Waals surface area contributed by atoms with E-state index in [0.29, 0.717) is 0 Å². The molecular weight excluding hydrogens is 563 g/mol. The van der Waals surface area contributed by atoms with Crippen LogP contribution in [0.2, 0.25) is 0 Å². The molecule has 0 fully saturated rings. The van der Waals surface area contributed by atoms with Crippen LogP contribution in [0.4, 0.5) is 11.4 Å². The lowest BCUT2D eigenvalue weighted by atomic mass is 9.93. The number of anilines is 2. The van der Waals surface area contributed by atoms with Crippen molar-refractivity contribution in [1.29, 1.82) is 0 Å². The summed E-state index contributed by atoms with van der Waals surface area (Å²) in [6, 6.07) is 40.5. The van der Waals surface area contributed by atoms with Crippen LogP contribution in [0, 0.1) is 0 Å². The first-order valence-corrected chi connectivity index (χ1v) is 16.8. The number of hydrogen-bond donors (Lipinski definition) is 0. The highest BCUT2D eigenvalue weighted by Crippen LogP contribution is 2.49. The molecule has 8 rings (SSSR count). The Kier molecular flexibility index (Phi) is 7.16. The molecule has 6 aromatic carbocycles. The van der Waals surface area contributed by atoms with Crippen LogP contribution in [0.15, 0.2) is 149 Å². The summed E-state index contributed by atoms with van der Waals surface area (Å²) in [5.74, 6) is 0. The van der Waals surface area contributed by atoms with E-state index in [-0.39, 0.29) is 0 Å². The summed E-state index contributed by atoms with van der Waals surface area (Å²) in [4.78, 5) is 5.35. The van der Waals surface area contributed by atoms with Gasteiger partial charge in [0.05, 0.1) is 0 Å². The molecule has 2 heterocycles. The lowest BCUT2D eigenvalue weighted by Gasteiger charge is -2.23. The predicted molar refractivity (Wildman–Crippen MR) is 198 cm³/mol. The summed E-state index contributed by atoms with van der Waals surface area (Å²) in [5, 5.41) is 7.86. The average Bonchev–Trinajstić information content (AvgIpc) is 3.69. The molecule has 0 atom stereocenters. The van der Waals surface area contributed by atoms with Crippen LogP contribution in [0.3, 0.4) is 0 Å². The second-order valence-electron chi connectivity index (χ2n) is 11.9. The number of thioether (sulfide) groups is 1. The predicted octanol–water partition coefficient (Wildman–Crippen LogP) is 12.3. The summed E-state index contributed by atoms with van der Waals surface area (Å²) in [5.41, 5.74) is 9.25. The summed E-state index contributed by atoms with van der Waals surface area (Å²) < 4.78 is 0. The van der Waals surface area contributed by atoms with Gasteiger partial charge in [-0.25, -0.2) is 0 Å². The molecule has 1 nitrogen and oxygen atoms in total. The molecule has 45 heavy (non-hydrogen) atoms. The molecule has 0 aliphatic carbocycles. The Morgan fingerprint density at radius 1 is 0.756 bits per heavy atom. The Bertz CT molecular complexity index is 2170. The summed E-state index contributed by atoms with van der Waals surface area (Å²) in [6.45, 7) is 5.14. The van der Waals surface area contributed by atoms with Crippen LogP contribution in [0.1, 0.15) is 37.0 Å². The van der Waals surface area contributed by atoms with Gasteiger partial charge in [0.1, 0.15) is 0 Å². The fraction of sp³-hybridized carbons (Fsp3) is 0.116. The molecule has 0 radical (unpaired) electrons. The van der Waals surface area contributed by atoms with E-state index in [1.54, 1.807) is 0 Å². The summed E-state index contributed by atoms with van der Waals surface area (Å²) in [7, 11) is 0. The summed E-state index contributed by atoms with van der Waals surface area (Å²) >= 11 is 1.93. The Hall–Kier alpha value is -4.79. The number of allylic oxidation sites excluding steroid dienone is 7. The van der Waals surface area contributed by atoms with Crippen molar-refractivity contribution in [2.24, 2.45) is 0 Å². The molecule has 2 heteroatoms. The quantitative estimate of drug-likeness (QED) is 0.182.